The summed E-state index contributed by atoms with van der Waals surface area (Å²) in [5.74, 6) is 0.161. The largest absolute Gasteiger partial charge is 0.385 e. The van der Waals surface area contributed by atoms with Crippen LogP contribution in [0.2, 0.25) is 0 Å². The molecule has 1 unspecified atom stereocenters. The monoisotopic (exact) mass is 289 g/mol. The van der Waals surface area contributed by atoms with Crippen LogP contribution in [0.15, 0.2) is 24.3 Å². The van der Waals surface area contributed by atoms with Gasteiger partial charge in [-0.25, -0.2) is 0 Å². The van der Waals surface area contributed by atoms with Gasteiger partial charge in [-0.05, 0) is 45.5 Å². The highest BCUT2D eigenvalue weighted by atomic mass is 16.2. The first-order valence-corrected chi connectivity index (χ1v) is 7.99. The second-order valence-corrected chi connectivity index (χ2v) is 5.75. The Morgan fingerprint density at radius 3 is 2.76 bits per heavy atom. The van der Waals surface area contributed by atoms with Crippen molar-refractivity contribution in [2.24, 2.45) is 0 Å². The minimum Gasteiger partial charge on any atom is -0.385 e. The average molecular weight is 289 g/mol. The normalized spacial score (nSPS) is 20.1. The maximum Gasteiger partial charge on any atom is 0.256 e. The van der Waals surface area contributed by atoms with Crippen molar-refractivity contribution in [3.63, 3.8) is 0 Å². The predicted octanol–water partition coefficient (Wildman–Crippen LogP) is 2.67. The molecule has 1 N–H and O–H groups in total. The summed E-state index contributed by atoms with van der Waals surface area (Å²) in [4.78, 5) is 17.4. The maximum atomic E-state index is 13.0. The average Bonchev–Trinajstić information content (AvgIpc) is 2.68. The van der Waals surface area contributed by atoms with Crippen LogP contribution in [0.3, 0.4) is 0 Å². The molecule has 1 atom stereocenters. The van der Waals surface area contributed by atoms with E-state index in [0.717, 1.165) is 50.3 Å². The summed E-state index contributed by atoms with van der Waals surface area (Å²) in [6, 6.07) is 8.14. The maximum absolute atomic E-state index is 13.0. The van der Waals surface area contributed by atoms with Crippen molar-refractivity contribution in [3.8, 4) is 0 Å². The predicted molar refractivity (Wildman–Crippen MR) is 87.8 cm³/mol. The Morgan fingerprint density at radius 2 is 2.05 bits per heavy atom. The van der Waals surface area contributed by atoms with Crippen LogP contribution < -0.4 is 5.32 Å². The number of nitrogens with zero attached hydrogens (tertiary/aromatic N) is 2. The van der Waals surface area contributed by atoms with Crippen LogP contribution >= 0.6 is 0 Å². The molecule has 1 aromatic rings. The number of likely N-dealkylation sites (N-methyl/N-ethyl adjacent to an activating group) is 1. The van der Waals surface area contributed by atoms with E-state index in [1.165, 1.54) is 0 Å². The lowest BCUT2D eigenvalue weighted by atomic mass is 10.1. The zero-order valence-corrected chi connectivity index (χ0v) is 13.4. The standard InChI is InChI=1S/C17H27N3O/c1-4-14-13-19(3)11-8-12-20(14)17(21)15-9-6-7-10-16(15)18-5-2/h6-7,9-10,14,18H,4-5,8,11-13H2,1-3H3. The summed E-state index contributed by atoms with van der Waals surface area (Å²) in [5.41, 5.74) is 1.74. The van der Waals surface area contributed by atoms with E-state index in [1.54, 1.807) is 0 Å². The van der Waals surface area contributed by atoms with E-state index >= 15 is 0 Å². The Balaban J connectivity index is 2.25. The molecule has 0 radical (unpaired) electrons. The third-order valence-corrected chi connectivity index (χ3v) is 4.16. The Kier molecular flexibility index (Phi) is 5.62. The van der Waals surface area contributed by atoms with E-state index in [1.807, 2.05) is 24.3 Å². The highest BCUT2D eigenvalue weighted by Gasteiger charge is 2.27. The van der Waals surface area contributed by atoms with Gasteiger partial charge in [0.05, 0.1) is 5.56 Å². The molecule has 2 rings (SSSR count). The van der Waals surface area contributed by atoms with Crippen LogP contribution in [-0.4, -0.2) is 55.0 Å². The first kappa shape index (κ1) is 15.8. The van der Waals surface area contributed by atoms with Gasteiger partial charge >= 0.3 is 0 Å². The third kappa shape index (κ3) is 3.76. The fourth-order valence-corrected chi connectivity index (χ4v) is 3.03. The van der Waals surface area contributed by atoms with Crippen LogP contribution in [-0.2, 0) is 0 Å². The number of carbonyl (C=O) groups is 1. The van der Waals surface area contributed by atoms with Crippen LogP contribution in [0.5, 0.6) is 0 Å². The van der Waals surface area contributed by atoms with E-state index in [9.17, 15) is 4.79 Å². The van der Waals surface area contributed by atoms with Gasteiger partial charge in [-0.3, -0.25) is 4.79 Å². The number of nitrogens with one attached hydrogen (secondary N) is 1. The quantitative estimate of drug-likeness (QED) is 0.925. The molecule has 0 spiro atoms. The van der Waals surface area contributed by atoms with Crippen molar-refractivity contribution in [1.29, 1.82) is 0 Å². The molecule has 21 heavy (non-hydrogen) atoms. The van der Waals surface area contributed by atoms with Crippen molar-refractivity contribution in [1.82, 2.24) is 9.80 Å². The van der Waals surface area contributed by atoms with Gasteiger partial charge in [-0.2, -0.15) is 0 Å². The molecule has 0 aromatic heterocycles. The lowest BCUT2D eigenvalue weighted by Gasteiger charge is -2.31. The first-order chi connectivity index (χ1) is 10.2. The Labute approximate surface area is 128 Å². The van der Waals surface area contributed by atoms with Crippen molar-refractivity contribution < 1.29 is 4.79 Å². The van der Waals surface area contributed by atoms with Gasteiger partial charge in [-0.15, -0.1) is 0 Å². The summed E-state index contributed by atoms with van der Waals surface area (Å²) in [7, 11) is 2.14. The fraction of sp³-hybridized carbons (Fsp3) is 0.588. The summed E-state index contributed by atoms with van der Waals surface area (Å²) in [5, 5.41) is 3.30. The molecule has 0 saturated carbocycles. The number of hydrogen-bond acceptors (Lipinski definition) is 3. The lowest BCUT2D eigenvalue weighted by molar-refractivity contribution is 0.0676. The molecule has 1 amide bonds. The molecule has 4 heteroatoms. The van der Waals surface area contributed by atoms with Crippen molar-refractivity contribution >= 4 is 11.6 Å². The molecule has 1 heterocycles. The van der Waals surface area contributed by atoms with Crippen LogP contribution in [0.1, 0.15) is 37.0 Å². The summed E-state index contributed by atoms with van der Waals surface area (Å²) < 4.78 is 0. The molecule has 1 fully saturated rings. The van der Waals surface area contributed by atoms with Gasteiger partial charge in [0.1, 0.15) is 0 Å². The topological polar surface area (TPSA) is 35.6 Å². The molecule has 116 valence electrons. The number of anilines is 1. The number of para-hydroxylation sites is 1. The second kappa shape index (κ2) is 7.46. The summed E-state index contributed by atoms with van der Waals surface area (Å²) in [6.45, 7) is 7.92. The van der Waals surface area contributed by atoms with Crippen LogP contribution in [0.4, 0.5) is 5.69 Å². The molecule has 0 bridgehead atoms. The Hall–Kier alpha value is -1.55. The number of hydrogen-bond donors (Lipinski definition) is 1. The van der Waals surface area contributed by atoms with Gasteiger partial charge in [-0.1, -0.05) is 19.1 Å². The fourth-order valence-electron chi connectivity index (χ4n) is 3.03. The van der Waals surface area contributed by atoms with Crippen LogP contribution in [0.25, 0.3) is 0 Å². The summed E-state index contributed by atoms with van der Waals surface area (Å²) >= 11 is 0. The van der Waals surface area contributed by atoms with E-state index in [-0.39, 0.29) is 5.91 Å². The highest BCUT2D eigenvalue weighted by molar-refractivity contribution is 5.99. The van der Waals surface area contributed by atoms with Crippen molar-refractivity contribution in [2.75, 3.05) is 38.5 Å². The zero-order chi connectivity index (χ0) is 15.2. The minimum atomic E-state index is 0.161. The van der Waals surface area contributed by atoms with Gasteiger partial charge in [0.15, 0.2) is 0 Å². The number of rotatable bonds is 4. The third-order valence-electron chi connectivity index (χ3n) is 4.16. The molecule has 0 aliphatic carbocycles. The number of amides is 1. The van der Waals surface area contributed by atoms with Crippen molar-refractivity contribution in [2.45, 2.75) is 32.7 Å². The smallest absolute Gasteiger partial charge is 0.256 e. The van der Waals surface area contributed by atoms with Crippen molar-refractivity contribution in [3.05, 3.63) is 29.8 Å². The minimum absolute atomic E-state index is 0.161. The second-order valence-electron chi connectivity index (χ2n) is 5.75. The van der Waals surface area contributed by atoms with E-state index in [4.69, 9.17) is 0 Å². The highest BCUT2D eigenvalue weighted by Crippen LogP contribution is 2.21. The van der Waals surface area contributed by atoms with Gasteiger partial charge in [0, 0.05) is 31.4 Å². The lowest BCUT2D eigenvalue weighted by Crippen LogP contribution is -2.43. The number of benzene rings is 1. The molecule has 1 saturated heterocycles. The van der Waals surface area contributed by atoms with Gasteiger partial charge < -0.3 is 15.1 Å². The first-order valence-electron chi connectivity index (χ1n) is 7.99. The molecular weight excluding hydrogens is 262 g/mol. The summed E-state index contributed by atoms with van der Waals surface area (Å²) in [6.07, 6.45) is 2.04. The Bertz CT molecular complexity index is 475. The van der Waals surface area contributed by atoms with Crippen LogP contribution in [0, 0.1) is 0 Å². The zero-order valence-electron chi connectivity index (χ0n) is 13.4. The molecule has 1 aromatic carbocycles. The van der Waals surface area contributed by atoms with E-state index < -0.39 is 0 Å². The molecule has 1 aliphatic rings. The van der Waals surface area contributed by atoms with Gasteiger partial charge in [0.25, 0.3) is 5.91 Å². The Morgan fingerprint density at radius 1 is 1.29 bits per heavy atom. The number of carbonyl (C=O) groups excluding carboxylic acids is 1. The molecule has 4 nitrogen and oxygen atoms in total. The van der Waals surface area contributed by atoms with E-state index in [0.29, 0.717) is 6.04 Å². The molecular formula is C17H27N3O. The van der Waals surface area contributed by atoms with E-state index in [2.05, 4.69) is 36.0 Å². The SMILES string of the molecule is CCNc1ccccc1C(=O)N1CCCN(C)CC1CC. The molecule has 1 aliphatic heterocycles. The van der Waals surface area contributed by atoms with Gasteiger partial charge in [0.2, 0.25) is 0 Å².